The third kappa shape index (κ3) is 1.99. The van der Waals surface area contributed by atoms with Crippen LogP contribution in [0.2, 0.25) is 0 Å². The maximum atomic E-state index is 12.3. The van der Waals surface area contributed by atoms with Crippen LogP contribution in [0.3, 0.4) is 0 Å². The van der Waals surface area contributed by atoms with Crippen LogP contribution < -0.4 is 5.32 Å². The van der Waals surface area contributed by atoms with E-state index in [-0.39, 0.29) is 11.6 Å². The number of fused-ring (bicyclic) bond motifs is 1. The topological polar surface area (TPSA) is 95.9 Å². The van der Waals surface area contributed by atoms with Crippen molar-refractivity contribution in [2.45, 2.75) is 18.0 Å². The van der Waals surface area contributed by atoms with E-state index in [2.05, 4.69) is 5.32 Å². The van der Waals surface area contributed by atoms with Gasteiger partial charge in [0.05, 0.1) is 0 Å². The van der Waals surface area contributed by atoms with Crippen molar-refractivity contribution in [1.82, 2.24) is 10.2 Å². The Hall–Kier alpha value is -1.25. The van der Waals surface area contributed by atoms with E-state index in [1.54, 1.807) is 6.92 Å². The fraction of sp³-hybridized carbons (Fsp3) is 0.545. The van der Waals surface area contributed by atoms with Gasteiger partial charge in [0.15, 0.2) is 0 Å². The number of β-lactam (4-membered cyclic amide) rings is 1. The zero-order valence-electron chi connectivity index (χ0n) is 10.8. The number of rotatable bonds is 4. The molecule has 2 aliphatic heterocycles. The minimum atomic E-state index is -1.54. The summed E-state index contributed by atoms with van der Waals surface area (Å²) in [7, 11) is 1.29. The van der Waals surface area contributed by atoms with Crippen LogP contribution in [-0.2, 0) is 19.1 Å². The molecule has 2 amide bonds. The first kappa shape index (κ1) is 15.1. The monoisotopic (exact) mass is 320 g/mol. The maximum absolute atomic E-state index is 12.3. The van der Waals surface area contributed by atoms with Crippen LogP contribution in [0, 0.1) is 0 Å². The summed E-state index contributed by atoms with van der Waals surface area (Å²) in [6.45, 7) is 1.66. The molecule has 2 heterocycles. The lowest BCUT2D eigenvalue weighted by atomic mass is 9.98. The molecule has 0 aromatic rings. The molecule has 110 valence electrons. The molecule has 0 aromatic heterocycles. The van der Waals surface area contributed by atoms with Crippen molar-refractivity contribution in [3.63, 3.8) is 0 Å². The van der Waals surface area contributed by atoms with Gasteiger partial charge in [-0.2, -0.15) is 0 Å². The van der Waals surface area contributed by atoms with Gasteiger partial charge < -0.3 is 15.2 Å². The Bertz CT molecular complexity index is 523. The highest BCUT2D eigenvalue weighted by Crippen LogP contribution is 2.46. The molecule has 2 atom stereocenters. The second kappa shape index (κ2) is 5.27. The van der Waals surface area contributed by atoms with Crippen LogP contribution in [-0.4, -0.2) is 57.6 Å². The van der Waals surface area contributed by atoms with Crippen LogP contribution in [0.25, 0.3) is 0 Å². The molecular formula is C11H13ClN2O5S. The molecule has 0 unspecified atom stereocenters. The number of carboxylic acid groups (broad SMARTS) is 1. The van der Waals surface area contributed by atoms with Gasteiger partial charge in [-0.1, -0.05) is 0 Å². The van der Waals surface area contributed by atoms with Gasteiger partial charge in [0, 0.05) is 12.9 Å². The van der Waals surface area contributed by atoms with Crippen molar-refractivity contribution in [3.8, 4) is 0 Å². The van der Waals surface area contributed by atoms with Gasteiger partial charge in [0.1, 0.15) is 17.0 Å². The number of hydrogen-bond donors (Lipinski definition) is 2. The quantitative estimate of drug-likeness (QED) is 0.428. The number of carboxylic acids is 1. The van der Waals surface area contributed by atoms with Gasteiger partial charge in [-0.05, 0) is 12.5 Å². The second-order valence-electron chi connectivity index (χ2n) is 4.39. The highest BCUT2D eigenvalue weighted by Gasteiger charge is 2.66. The molecule has 0 aromatic carbocycles. The van der Waals surface area contributed by atoms with Gasteiger partial charge in [-0.3, -0.25) is 14.5 Å². The van der Waals surface area contributed by atoms with Crippen LogP contribution in [0.1, 0.15) is 6.92 Å². The van der Waals surface area contributed by atoms with E-state index in [1.165, 1.54) is 18.9 Å². The average molecular weight is 321 g/mol. The number of carbonyl (C=O) groups excluding carboxylic acids is 2. The van der Waals surface area contributed by atoms with Gasteiger partial charge >= 0.3 is 5.97 Å². The Morgan fingerprint density at radius 1 is 1.65 bits per heavy atom. The maximum Gasteiger partial charge on any atom is 0.352 e. The molecule has 0 saturated carbocycles. The van der Waals surface area contributed by atoms with Crippen molar-refractivity contribution in [1.29, 1.82) is 0 Å². The van der Waals surface area contributed by atoms with Crippen molar-refractivity contribution in [2.24, 2.45) is 0 Å². The van der Waals surface area contributed by atoms with E-state index in [4.69, 9.17) is 16.3 Å². The lowest BCUT2D eigenvalue weighted by Gasteiger charge is -2.55. The summed E-state index contributed by atoms with van der Waals surface area (Å²) in [5.74, 6) is -2.19. The molecule has 2 N–H and O–H groups in total. The molecule has 9 heteroatoms. The van der Waals surface area contributed by atoms with Gasteiger partial charge in [-0.15, -0.1) is 23.4 Å². The number of nitrogens with one attached hydrogen (secondary N) is 1. The Kier molecular flexibility index (Phi) is 3.99. The van der Waals surface area contributed by atoms with Crippen molar-refractivity contribution < 1.29 is 24.2 Å². The zero-order valence-corrected chi connectivity index (χ0v) is 12.4. The van der Waals surface area contributed by atoms with E-state index in [0.717, 1.165) is 4.90 Å². The number of thioether (sulfide) groups is 1. The first-order valence-corrected chi connectivity index (χ1v) is 7.27. The van der Waals surface area contributed by atoms with Gasteiger partial charge in [-0.25, -0.2) is 4.79 Å². The summed E-state index contributed by atoms with van der Waals surface area (Å²) >= 11 is 6.75. The standard InChI is InChI=1S/C11H13ClN2O5S/c1-5-4-20-10-11(19-2,13-6(15)3-12)9(18)14(10)7(5)8(16)17/h10H,3-4H2,1-2H3,(H,13,15)(H,16,17)/t10-,11+/m1/s1. The predicted molar refractivity (Wildman–Crippen MR) is 72.0 cm³/mol. The molecule has 1 fully saturated rings. The molecule has 0 spiro atoms. The largest absolute Gasteiger partial charge is 0.477 e. The molecule has 7 nitrogen and oxygen atoms in total. The lowest BCUT2D eigenvalue weighted by Crippen LogP contribution is -2.80. The molecule has 2 aliphatic rings. The number of carbonyl (C=O) groups is 3. The first-order valence-electron chi connectivity index (χ1n) is 5.69. The van der Waals surface area contributed by atoms with Crippen molar-refractivity contribution in [2.75, 3.05) is 18.7 Å². The minimum absolute atomic E-state index is 0.0495. The summed E-state index contributed by atoms with van der Waals surface area (Å²) < 4.78 is 5.17. The zero-order chi connectivity index (χ0) is 15.1. The lowest BCUT2D eigenvalue weighted by molar-refractivity contribution is -0.192. The molecule has 20 heavy (non-hydrogen) atoms. The predicted octanol–water partition coefficient (Wildman–Crippen LogP) is -0.0422. The van der Waals surface area contributed by atoms with Crippen molar-refractivity contribution >= 4 is 41.1 Å². The first-order chi connectivity index (χ1) is 9.39. The smallest absolute Gasteiger partial charge is 0.352 e. The normalized spacial score (nSPS) is 28.9. The summed E-state index contributed by atoms with van der Waals surface area (Å²) in [5.41, 5.74) is -0.995. The minimum Gasteiger partial charge on any atom is -0.477 e. The van der Waals surface area contributed by atoms with Crippen LogP contribution in [0.15, 0.2) is 11.3 Å². The number of methoxy groups -OCH3 is 1. The Labute approximate surface area is 124 Å². The van der Waals surface area contributed by atoms with E-state index in [1.807, 2.05) is 0 Å². The number of hydrogen-bond acceptors (Lipinski definition) is 5. The van der Waals surface area contributed by atoms with Crippen LogP contribution in [0.5, 0.6) is 0 Å². The number of ether oxygens (including phenoxy) is 1. The van der Waals surface area contributed by atoms with E-state index in [0.29, 0.717) is 11.3 Å². The SMILES string of the molecule is CO[C@@]1(NC(=O)CCl)C(=O)N2C(C(=O)O)=C(C)CS[C@@H]21. The van der Waals surface area contributed by atoms with E-state index < -0.39 is 28.9 Å². The second-order valence-corrected chi connectivity index (χ2v) is 5.73. The average Bonchev–Trinajstić information content (AvgIpc) is 2.43. The summed E-state index contributed by atoms with van der Waals surface area (Å²) in [5, 5.41) is 11.0. The van der Waals surface area contributed by atoms with Crippen LogP contribution >= 0.6 is 23.4 Å². The highest BCUT2D eigenvalue weighted by atomic mass is 35.5. The highest BCUT2D eigenvalue weighted by molar-refractivity contribution is 8.00. The van der Waals surface area contributed by atoms with E-state index in [9.17, 15) is 19.5 Å². The fourth-order valence-corrected chi connectivity index (χ4v) is 3.73. The Morgan fingerprint density at radius 2 is 2.30 bits per heavy atom. The van der Waals surface area contributed by atoms with Crippen molar-refractivity contribution in [3.05, 3.63) is 11.3 Å². The Morgan fingerprint density at radius 3 is 2.80 bits per heavy atom. The number of amides is 2. The number of nitrogens with zero attached hydrogens (tertiary/aromatic N) is 1. The molecule has 0 radical (unpaired) electrons. The molecule has 0 aliphatic carbocycles. The molecule has 1 saturated heterocycles. The van der Waals surface area contributed by atoms with Gasteiger partial charge in [0.2, 0.25) is 5.91 Å². The molecule has 0 bridgehead atoms. The van der Waals surface area contributed by atoms with E-state index >= 15 is 0 Å². The van der Waals surface area contributed by atoms with Gasteiger partial charge in [0.25, 0.3) is 11.6 Å². The number of halogens is 1. The molecular weight excluding hydrogens is 308 g/mol. The summed E-state index contributed by atoms with van der Waals surface area (Å²) in [4.78, 5) is 36.2. The number of alkyl halides is 1. The fourth-order valence-electron chi connectivity index (χ4n) is 2.28. The van der Waals surface area contributed by atoms with Crippen LogP contribution in [0.4, 0.5) is 0 Å². The Balaban J connectivity index is 2.34. The number of aliphatic carboxylic acids is 1. The third-order valence-electron chi connectivity index (χ3n) is 3.19. The summed E-state index contributed by atoms with van der Waals surface area (Å²) in [6, 6.07) is 0. The summed E-state index contributed by atoms with van der Waals surface area (Å²) in [6.07, 6.45) is 0. The molecule has 2 rings (SSSR count). The third-order valence-corrected chi connectivity index (χ3v) is 4.89.